The highest BCUT2D eigenvalue weighted by atomic mass is 16.2. The van der Waals surface area contributed by atoms with Gasteiger partial charge in [-0.3, -0.25) is 15.0 Å². The third kappa shape index (κ3) is 1.89. The van der Waals surface area contributed by atoms with E-state index >= 15 is 0 Å². The van der Waals surface area contributed by atoms with Gasteiger partial charge in [0.05, 0.1) is 6.33 Å². The third-order valence-electron chi connectivity index (χ3n) is 1.15. The van der Waals surface area contributed by atoms with E-state index in [-0.39, 0.29) is 11.3 Å². The monoisotopic (exact) mass is 168 g/mol. The molecule has 0 fully saturated rings. The summed E-state index contributed by atoms with van der Waals surface area (Å²) in [7, 11) is 1.55. The first-order chi connectivity index (χ1) is 5.74. The summed E-state index contributed by atoms with van der Waals surface area (Å²) in [5.41, 5.74) is 4.44. The Morgan fingerprint density at radius 2 is 2.42 bits per heavy atom. The number of hydrogen-bond acceptors (Lipinski definition) is 4. The molecule has 6 heteroatoms. The van der Waals surface area contributed by atoms with Crippen LogP contribution in [0.5, 0.6) is 0 Å². The fourth-order valence-corrected chi connectivity index (χ4v) is 0.670. The number of amides is 1. The van der Waals surface area contributed by atoms with Crippen LogP contribution in [0, 0.1) is 0 Å². The molecule has 0 unspecified atom stereocenters. The van der Waals surface area contributed by atoms with E-state index in [4.69, 9.17) is 0 Å². The van der Waals surface area contributed by atoms with Gasteiger partial charge in [0.1, 0.15) is 5.69 Å². The van der Waals surface area contributed by atoms with Gasteiger partial charge in [0.25, 0.3) is 11.5 Å². The minimum Gasteiger partial charge on any atom is -0.313 e. The number of carbonyl (C=O) groups is 1. The quantitative estimate of drug-likeness (QED) is 0.476. The molecule has 1 heterocycles. The molecule has 64 valence electrons. The number of hydrogen-bond donors (Lipinski definition) is 3. The van der Waals surface area contributed by atoms with E-state index in [1.807, 2.05) is 0 Å². The van der Waals surface area contributed by atoms with Crippen LogP contribution in [0.25, 0.3) is 0 Å². The highest BCUT2D eigenvalue weighted by Crippen LogP contribution is 1.84. The summed E-state index contributed by atoms with van der Waals surface area (Å²) in [6.07, 6.45) is 1.17. The largest absolute Gasteiger partial charge is 0.313 e. The molecular weight excluding hydrogens is 160 g/mol. The maximum absolute atomic E-state index is 11.0. The number of carbonyl (C=O) groups excluding carboxylic acids is 1. The minimum atomic E-state index is -0.441. The first-order valence-corrected chi connectivity index (χ1v) is 3.26. The Kier molecular flexibility index (Phi) is 2.54. The molecule has 0 spiro atoms. The molecule has 6 nitrogen and oxygen atoms in total. The lowest BCUT2D eigenvalue weighted by atomic mass is 10.4. The van der Waals surface area contributed by atoms with Gasteiger partial charge >= 0.3 is 0 Å². The van der Waals surface area contributed by atoms with Gasteiger partial charge in [-0.1, -0.05) is 0 Å². The number of hydrazine groups is 1. The van der Waals surface area contributed by atoms with Crippen molar-refractivity contribution in [1.29, 1.82) is 0 Å². The van der Waals surface area contributed by atoms with Crippen molar-refractivity contribution < 1.29 is 4.79 Å². The molecule has 12 heavy (non-hydrogen) atoms. The Morgan fingerprint density at radius 1 is 1.67 bits per heavy atom. The molecule has 3 N–H and O–H groups in total. The summed E-state index contributed by atoms with van der Waals surface area (Å²) in [4.78, 5) is 27.7. The predicted octanol–water partition coefficient (Wildman–Crippen LogP) is -1.37. The van der Waals surface area contributed by atoms with Crippen LogP contribution >= 0.6 is 0 Å². The fourth-order valence-electron chi connectivity index (χ4n) is 0.670. The zero-order valence-electron chi connectivity index (χ0n) is 6.42. The van der Waals surface area contributed by atoms with E-state index in [1.165, 1.54) is 6.33 Å². The van der Waals surface area contributed by atoms with Gasteiger partial charge in [-0.2, -0.15) is 0 Å². The summed E-state index contributed by atoms with van der Waals surface area (Å²) in [5.74, 6) is -0.441. The summed E-state index contributed by atoms with van der Waals surface area (Å²) in [6, 6.07) is 1.12. The number of rotatable bonds is 2. The van der Waals surface area contributed by atoms with Crippen LogP contribution in [-0.2, 0) is 0 Å². The summed E-state index contributed by atoms with van der Waals surface area (Å²) < 4.78 is 0. The Balaban J connectivity index is 2.88. The highest BCUT2D eigenvalue weighted by Gasteiger charge is 2.04. The van der Waals surface area contributed by atoms with E-state index in [9.17, 15) is 9.59 Å². The lowest BCUT2D eigenvalue weighted by Gasteiger charge is -1.99. The van der Waals surface area contributed by atoms with Crippen LogP contribution in [0.3, 0.4) is 0 Å². The van der Waals surface area contributed by atoms with Crippen LogP contribution in [0.1, 0.15) is 10.5 Å². The molecule has 1 amide bonds. The maximum atomic E-state index is 11.0. The maximum Gasteiger partial charge on any atom is 0.284 e. The molecule has 0 bridgehead atoms. The highest BCUT2D eigenvalue weighted by molar-refractivity contribution is 5.91. The third-order valence-corrected chi connectivity index (χ3v) is 1.15. The lowest BCUT2D eigenvalue weighted by molar-refractivity contribution is 0.0932. The van der Waals surface area contributed by atoms with E-state index in [0.717, 1.165) is 6.07 Å². The predicted molar refractivity (Wildman–Crippen MR) is 41.4 cm³/mol. The van der Waals surface area contributed by atoms with Crippen molar-refractivity contribution in [2.75, 3.05) is 7.05 Å². The first kappa shape index (κ1) is 8.41. The molecule has 0 aliphatic carbocycles. The van der Waals surface area contributed by atoms with Crippen LogP contribution in [0.4, 0.5) is 0 Å². The second-order valence-corrected chi connectivity index (χ2v) is 2.00. The standard InChI is InChI=1S/C6H8N4O2/c1-7-10-6(12)4-2-5(11)9-3-8-4/h2-3,7H,1H3,(H,10,12)(H,8,9,11). The number of aromatic nitrogens is 2. The van der Waals surface area contributed by atoms with E-state index < -0.39 is 5.91 Å². The lowest BCUT2D eigenvalue weighted by Crippen LogP contribution is -2.35. The second kappa shape index (κ2) is 3.63. The van der Waals surface area contributed by atoms with Crippen molar-refractivity contribution in [2.24, 2.45) is 0 Å². The van der Waals surface area contributed by atoms with Crippen molar-refractivity contribution in [2.45, 2.75) is 0 Å². The number of aromatic amines is 1. The van der Waals surface area contributed by atoms with Gasteiger partial charge in [0.15, 0.2) is 0 Å². The molecule has 1 aromatic heterocycles. The Hall–Kier alpha value is -1.69. The van der Waals surface area contributed by atoms with Crippen LogP contribution in [0.2, 0.25) is 0 Å². The van der Waals surface area contributed by atoms with Crippen molar-refractivity contribution >= 4 is 5.91 Å². The van der Waals surface area contributed by atoms with Gasteiger partial charge in [0.2, 0.25) is 0 Å². The summed E-state index contributed by atoms with van der Waals surface area (Å²) in [5, 5.41) is 0. The Labute approximate surface area is 68.0 Å². The van der Waals surface area contributed by atoms with Crippen molar-refractivity contribution in [1.82, 2.24) is 20.8 Å². The van der Waals surface area contributed by atoms with Gasteiger partial charge in [-0.15, -0.1) is 0 Å². The van der Waals surface area contributed by atoms with Gasteiger partial charge < -0.3 is 4.98 Å². The Bertz CT molecular complexity index is 332. The first-order valence-electron chi connectivity index (χ1n) is 3.26. The van der Waals surface area contributed by atoms with E-state index in [1.54, 1.807) is 7.05 Å². The Morgan fingerprint density at radius 3 is 3.00 bits per heavy atom. The van der Waals surface area contributed by atoms with E-state index in [0.29, 0.717) is 0 Å². The molecule has 0 atom stereocenters. The molecule has 1 rings (SSSR count). The summed E-state index contributed by atoms with van der Waals surface area (Å²) in [6.45, 7) is 0. The fraction of sp³-hybridized carbons (Fsp3) is 0.167. The molecule has 0 saturated heterocycles. The van der Waals surface area contributed by atoms with Crippen molar-refractivity contribution in [3.8, 4) is 0 Å². The van der Waals surface area contributed by atoms with Crippen molar-refractivity contribution in [3.63, 3.8) is 0 Å². The average molecular weight is 168 g/mol. The molecular formula is C6H8N4O2. The van der Waals surface area contributed by atoms with Gasteiger partial charge in [-0.05, 0) is 0 Å². The number of nitrogens with one attached hydrogen (secondary N) is 3. The topological polar surface area (TPSA) is 86.9 Å². The zero-order valence-corrected chi connectivity index (χ0v) is 6.42. The van der Waals surface area contributed by atoms with Gasteiger partial charge in [-0.25, -0.2) is 10.4 Å². The van der Waals surface area contributed by atoms with E-state index in [2.05, 4.69) is 20.8 Å². The van der Waals surface area contributed by atoms with Crippen LogP contribution in [0.15, 0.2) is 17.2 Å². The SMILES string of the molecule is CNNC(=O)c1cc(=O)[nH]cn1. The van der Waals surface area contributed by atoms with Crippen molar-refractivity contribution in [3.05, 3.63) is 28.4 Å². The molecule has 0 aliphatic heterocycles. The van der Waals surface area contributed by atoms with Crippen LogP contribution in [-0.4, -0.2) is 22.9 Å². The number of nitrogens with zero attached hydrogens (tertiary/aromatic N) is 1. The minimum absolute atomic E-state index is 0.0769. The molecule has 0 saturated carbocycles. The molecule has 0 radical (unpaired) electrons. The smallest absolute Gasteiger partial charge is 0.284 e. The molecule has 0 aliphatic rings. The number of H-pyrrole nitrogens is 1. The molecule has 0 aromatic carbocycles. The van der Waals surface area contributed by atoms with Crippen LogP contribution < -0.4 is 16.4 Å². The van der Waals surface area contributed by atoms with Gasteiger partial charge in [0, 0.05) is 13.1 Å². The summed E-state index contributed by atoms with van der Waals surface area (Å²) >= 11 is 0. The zero-order chi connectivity index (χ0) is 8.97. The second-order valence-electron chi connectivity index (χ2n) is 2.00. The molecule has 1 aromatic rings. The average Bonchev–Trinajstić information content (AvgIpc) is 2.05. The normalized spacial score (nSPS) is 9.42.